The van der Waals surface area contributed by atoms with E-state index in [-0.39, 0.29) is 5.41 Å². The van der Waals surface area contributed by atoms with Crippen LogP contribution in [0.25, 0.3) is 66.1 Å². The number of hydrogen-bond donors (Lipinski definition) is 0. The molecule has 0 saturated carbocycles. The minimum absolute atomic E-state index is 0.125. The lowest BCUT2D eigenvalue weighted by Crippen LogP contribution is -2.16. The highest BCUT2D eigenvalue weighted by molar-refractivity contribution is 6.26. The van der Waals surface area contributed by atoms with Crippen LogP contribution in [0.1, 0.15) is 25.0 Å². The first-order chi connectivity index (χ1) is 25.1. The van der Waals surface area contributed by atoms with E-state index < -0.39 is 0 Å². The monoisotopic (exact) mass is 653 g/mol. The predicted octanol–water partition coefficient (Wildman–Crippen LogP) is 13.8. The maximum absolute atomic E-state index is 6.94. The molecule has 242 valence electrons. The SMILES string of the molecule is CC1(C)c2ccccc2-c2c(N(c3ccc(-c4ccccc4)cc3)c3cccc4oc5c(-c6ccccc6)cc6ccccc6c5c34)cccc21. The van der Waals surface area contributed by atoms with E-state index in [1.807, 2.05) is 0 Å². The van der Waals surface area contributed by atoms with Gasteiger partial charge in [0, 0.05) is 27.6 Å². The van der Waals surface area contributed by atoms with Crippen molar-refractivity contribution in [1.29, 1.82) is 0 Å². The second-order valence-corrected chi connectivity index (χ2v) is 14.1. The molecule has 0 bridgehead atoms. The first-order valence-corrected chi connectivity index (χ1v) is 17.7. The quantitative estimate of drug-likeness (QED) is 0.184. The Bertz CT molecular complexity index is 2760. The molecule has 0 unspecified atom stereocenters. The van der Waals surface area contributed by atoms with Gasteiger partial charge >= 0.3 is 0 Å². The van der Waals surface area contributed by atoms with Crippen molar-refractivity contribution in [3.8, 4) is 33.4 Å². The number of fused-ring (bicyclic) bond motifs is 8. The van der Waals surface area contributed by atoms with Gasteiger partial charge in [0.05, 0.1) is 16.8 Å². The fourth-order valence-corrected chi connectivity index (χ4v) is 8.43. The zero-order chi connectivity index (χ0) is 34.1. The van der Waals surface area contributed by atoms with Gasteiger partial charge in [-0.25, -0.2) is 0 Å². The van der Waals surface area contributed by atoms with E-state index >= 15 is 0 Å². The van der Waals surface area contributed by atoms with Crippen LogP contribution in [0.3, 0.4) is 0 Å². The Kier molecular flexibility index (Phi) is 6.56. The van der Waals surface area contributed by atoms with Crippen LogP contribution in [-0.4, -0.2) is 0 Å². The number of hydrogen-bond acceptors (Lipinski definition) is 2. The van der Waals surface area contributed by atoms with Crippen LogP contribution in [0.2, 0.25) is 0 Å². The summed E-state index contributed by atoms with van der Waals surface area (Å²) in [6, 6.07) is 63.5. The molecule has 1 aliphatic carbocycles. The number of benzene rings is 8. The molecule has 51 heavy (non-hydrogen) atoms. The third-order valence-corrected chi connectivity index (χ3v) is 10.9. The Labute approximate surface area is 297 Å². The lowest BCUT2D eigenvalue weighted by Gasteiger charge is -2.29. The van der Waals surface area contributed by atoms with Crippen molar-refractivity contribution in [2.75, 3.05) is 4.90 Å². The van der Waals surface area contributed by atoms with Gasteiger partial charge in [-0.05, 0) is 80.6 Å². The van der Waals surface area contributed by atoms with Crippen molar-refractivity contribution in [1.82, 2.24) is 0 Å². The van der Waals surface area contributed by atoms with Gasteiger partial charge in [-0.3, -0.25) is 0 Å². The fourth-order valence-electron chi connectivity index (χ4n) is 8.43. The number of nitrogens with zero attached hydrogens (tertiary/aromatic N) is 1. The molecule has 1 aliphatic rings. The molecule has 0 saturated heterocycles. The first-order valence-electron chi connectivity index (χ1n) is 17.7. The van der Waals surface area contributed by atoms with Gasteiger partial charge in [0.2, 0.25) is 0 Å². The first kappa shape index (κ1) is 29.5. The lowest BCUT2D eigenvalue weighted by molar-refractivity contribution is 0.660. The van der Waals surface area contributed by atoms with Crippen LogP contribution in [0, 0.1) is 0 Å². The normalized spacial score (nSPS) is 13.1. The van der Waals surface area contributed by atoms with Crippen LogP contribution in [0.5, 0.6) is 0 Å². The summed E-state index contributed by atoms with van der Waals surface area (Å²) in [5.74, 6) is 0. The van der Waals surface area contributed by atoms with E-state index in [4.69, 9.17) is 4.42 Å². The third kappa shape index (κ3) is 4.50. The van der Waals surface area contributed by atoms with Crippen LogP contribution < -0.4 is 4.90 Å². The molecule has 8 aromatic carbocycles. The summed E-state index contributed by atoms with van der Waals surface area (Å²) in [5.41, 5.74) is 14.9. The zero-order valence-corrected chi connectivity index (χ0v) is 28.6. The Morgan fingerprint density at radius 2 is 1.10 bits per heavy atom. The standard InChI is InChI=1S/C49H35NO/c1-49(2)40-22-12-11-21-38(40)45-41(49)23-13-24-42(45)50(36-29-27-33(28-30-36)32-15-5-3-6-16-32)43-25-14-26-44-47(43)46-37-20-10-9-19-35(37)31-39(48(46)51-44)34-17-7-4-8-18-34/h3-31H,1-2H3. The Balaban J connectivity index is 1.31. The molecule has 10 rings (SSSR count). The topological polar surface area (TPSA) is 16.4 Å². The van der Waals surface area contributed by atoms with Crippen molar-refractivity contribution in [2.24, 2.45) is 0 Å². The van der Waals surface area contributed by atoms with Crippen LogP contribution in [-0.2, 0) is 5.41 Å². The molecule has 2 heteroatoms. The average Bonchev–Trinajstić information content (AvgIpc) is 3.70. The molecule has 0 atom stereocenters. The summed E-state index contributed by atoms with van der Waals surface area (Å²) in [4.78, 5) is 2.47. The molecule has 1 aromatic heterocycles. The minimum Gasteiger partial charge on any atom is -0.455 e. The van der Waals surface area contributed by atoms with Gasteiger partial charge < -0.3 is 9.32 Å². The number of rotatable bonds is 5. The summed E-state index contributed by atoms with van der Waals surface area (Å²) < 4.78 is 6.94. The summed E-state index contributed by atoms with van der Waals surface area (Å²) in [6.45, 7) is 4.70. The molecule has 0 aliphatic heterocycles. The number of anilines is 3. The maximum atomic E-state index is 6.94. The smallest absolute Gasteiger partial charge is 0.143 e. The molecule has 2 nitrogen and oxygen atoms in total. The van der Waals surface area contributed by atoms with Gasteiger partial charge in [-0.2, -0.15) is 0 Å². The molecular formula is C49H35NO. The highest BCUT2D eigenvalue weighted by Gasteiger charge is 2.38. The van der Waals surface area contributed by atoms with Crippen molar-refractivity contribution < 1.29 is 4.42 Å². The Morgan fingerprint density at radius 1 is 0.471 bits per heavy atom. The van der Waals surface area contributed by atoms with Crippen molar-refractivity contribution in [3.05, 3.63) is 187 Å². The summed E-state index contributed by atoms with van der Waals surface area (Å²) >= 11 is 0. The van der Waals surface area contributed by atoms with Gasteiger partial charge in [0.15, 0.2) is 0 Å². The van der Waals surface area contributed by atoms with Crippen LogP contribution >= 0.6 is 0 Å². The third-order valence-electron chi connectivity index (χ3n) is 10.9. The van der Waals surface area contributed by atoms with Crippen molar-refractivity contribution in [2.45, 2.75) is 19.3 Å². The molecule has 0 spiro atoms. The molecule has 9 aromatic rings. The van der Waals surface area contributed by atoms with E-state index in [1.165, 1.54) is 44.2 Å². The van der Waals surface area contributed by atoms with Gasteiger partial charge in [-0.15, -0.1) is 0 Å². The number of furan rings is 1. The molecular weight excluding hydrogens is 619 g/mol. The molecule has 0 fully saturated rings. The van der Waals surface area contributed by atoms with Crippen molar-refractivity contribution in [3.63, 3.8) is 0 Å². The van der Waals surface area contributed by atoms with Gasteiger partial charge in [-0.1, -0.05) is 153 Å². The largest absolute Gasteiger partial charge is 0.455 e. The van der Waals surface area contributed by atoms with Crippen LogP contribution in [0.15, 0.2) is 180 Å². The van der Waals surface area contributed by atoms with E-state index in [0.717, 1.165) is 50.1 Å². The lowest BCUT2D eigenvalue weighted by atomic mass is 9.82. The summed E-state index contributed by atoms with van der Waals surface area (Å²) in [7, 11) is 0. The van der Waals surface area contributed by atoms with Crippen LogP contribution in [0.4, 0.5) is 17.1 Å². The predicted molar refractivity (Wildman–Crippen MR) is 214 cm³/mol. The molecule has 1 heterocycles. The molecule has 0 amide bonds. The highest BCUT2D eigenvalue weighted by atomic mass is 16.3. The minimum atomic E-state index is -0.125. The maximum Gasteiger partial charge on any atom is 0.143 e. The van der Waals surface area contributed by atoms with E-state index in [9.17, 15) is 0 Å². The van der Waals surface area contributed by atoms with E-state index in [0.29, 0.717) is 0 Å². The van der Waals surface area contributed by atoms with E-state index in [2.05, 4.69) is 195 Å². The van der Waals surface area contributed by atoms with Crippen molar-refractivity contribution >= 4 is 49.8 Å². The van der Waals surface area contributed by atoms with Gasteiger partial charge in [0.25, 0.3) is 0 Å². The van der Waals surface area contributed by atoms with E-state index in [1.54, 1.807) is 0 Å². The Morgan fingerprint density at radius 3 is 1.90 bits per heavy atom. The summed E-state index contributed by atoms with van der Waals surface area (Å²) in [6.07, 6.45) is 0. The molecule has 0 N–H and O–H groups in total. The summed E-state index contributed by atoms with van der Waals surface area (Å²) in [5, 5.41) is 4.62. The second-order valence-electron chi connectivity index (χ2n) is 14.1. The fraction of sp³-hybridized carbons (Fsp3) is 0.0612. The average molecular weight is 654 g/mol. The molecule has 0 radical (unpaired) electrons. The highest BCUT2D eigenvalue weighted by Crippen LogP contribution is 2.55. The van der Waals surface area contributed by atoms with Gasteiger partial charge in [0.1, 0.15) is 11.2 Å². The zero-order valence-electron chi connectivity index (χ0n) is 28.6. The Hall–Kier alpha value is -6.38. The second kappa shape index (κ2) is 11.3.